The topological polar surface area (TPSA) is 38.7 Å². The minimum Gasteiger partial charge on any atom is -0.213 e. The molecule has 9 rings (SSSR count). The van der Waals surface area contributed by atoms with Gasteiger partial charge in [0.2, 0.25) is 0 Å². The molecule has 0 fully saturated rings. The predicted octanol–water partition coefficient (Wildman–Crippen LogP) is 12.4. The third-order valence-corrected chi connectivity index (χ3v) is 11.0. The quantitative estimate of drug-likeness (QED) is 0.167. The van der Waals surface area contributed by atoms with Crippen LogP contribution in [0, 0.1) is 0 Å². The van der Waals surface area contributed by atoms with Gasteiger partial charge in [-0.15, -0.1) is 0 Å². The van der Waals surface area contributed by atoms with Crippen molar-refractivity contribution in [2.75, 3.05) is 0 Å². The first-order valence-electron chi connectivity index (χ1n) is 18.4. The minimum absolute atomic E-state index is 0.100. The lowest BCUT2D eigenvalue weighted by molar-refractivity contribution is 0.578. The van der Waals surface area contributed by atoms with Gasteiger partial charge in [-0.25, -0.2) is 15.0 Å². The van der Waals surface area contributed by atoms with E-state index in [0.29, 0.717) is 5.92 Å². The summed E-state index contributed by atoms with van der Waals surface area (Å²) >= 11 is 0. The predicted molar refractivity (Wildman–Crippen MR) is 211 cm³/mol. The second kappa shape index (κ2) is 12.9. The summed E-state index contributed by atoms with van der Waals surface area (Å²) < 4.78 is 0. The monoisotopic (exact) mass is 659 g/mol. The maximum atomic E-state index is 5.10. The molecule has 1 aromatic heterocycles. The zero-order chi connectivity index (χ0) is 34.4. The lowest BCUT2D eigenvalue weighted by Crippen LogP contribution is -2.15. The molecule has 0 amide bonds. The Morgan fingerprint density at radius 1 is 0.510 bits per heavy atom. The first-order chi connectivity index (χ1) is 25.0. The Morgan fingerprint density at radius 3 is 1.76 bits per heavy atom. The van der Waals surface area contributed by atoms with Gasteiger partial charge >= 0.3 is 0 Å². The molecule has 0 aliphatic heterocycles. The molecular weight excluding hydrogens is 619 g/mol. The van der Waals surface area contributed by atoms with E-state index in [-0.39, 0.29) is 5.41 Å². The third-order valence-electron chi connectivity index (χ3n) is 11.0. The van der Waals surface area contributed by atoms with Gasteiger partial charge in [0.15, 0.2) is 11.6 Å². The van der Waals surface area contributed by atoms with Crippen molar-refractivity contribution in [2.45, 2.75) is 57.3 Å². The zero-order valence-electron chi connectivity index (χ0n) is 29.3. The van der Waals surface area contributed by atoms with E-state index in [9.17, 15) is 0 Å². The summed E-state index contributed by atoms with van der Waals surface area (Å²) in [5.41, 5.74) is 14.8. The maximum absolute atomic E-state index is 5.10. The van der Waals surface area contributed by atoms with Crippen LogP contribution >= 0.6 is 0 Å². The molecule has 0 bridgehead atoms. The summed E-state index contributed by atoms with van der Waals surface area (Å²) in [6, 6.07) is 42.3. The standard InChI is InChI=1S/C48H41N3/c1-48(2)43-30-38(32-14-6-3-7-15-32)24-26-41(43)42-27-25-39(31-44(42)48)36-21-12-20-35(28-36)37-22-13-23-40(29-37)47-50-45(33-16-8-4-9-17-33)49-46(51-47)34-18-10-5-11-19-34/h3-4,6-8,10,12-15,18-31,33H,5,9,11,16-17H2,1-2H3. The van der Waals surface area contributed by atoms with Gasteiger partial charge in [-0.05, 0) is 112 Å². The molecule has 248 valence electrons. The molecule has 0 radical (unpaired) electrons. The number of benzene rings is 5. The lowest BCUT2D eigenvalue weighted by atomic mass is 9.80. The summed E-state index contributed by atoms with van der Waals surface area (Å²) in [5, 5.41) is 0. The lowest BCUT2D eigenvalue weighted by Gasteiger charge is -2.22. The Labute approximate surface area is 301 Å². The molecule has 0 spiro atoms. The number of aromatic nitrogens is 3. The van der Waals surface area contributed by atoms with Crippen molar-refractivity contribution in [2.24, 2.45) is 0 Å². The highest BCUT2D eigenvalue weighted by molar-refractivity contribution is 5.86. The Bertz CT molecular complexity index is 2380. The maximum Gasteiger partial charge on any atom is 0.163 e. The van der Waals surface area contributed by atoms with Crippen LogP contribution in [0.2, 0.25) is 0 Å². The smallest absolute Gasteiger partial charge is 0.163 e. The molecule has 0 saturated carbocycles. The van der Waals surface area contributed by atoms with E-state index < -0.39 is 0 Å². The highest BCUT2D eigenvalue weighted by Gasteiger charge is 2.36. The number of fused-ring (bicyclic) bond motifs is 3. The molecular formula is C48H41N3. The van der Waals surface area contributed by atoms with Crippen molar-refractivity contribution >= 4 is 5.57 Å². The van der Waals surface area contributed by atoms with Gasteiger partial charge in [-0.2, -0.15) is 0 Å². The van der Waals surface area contributed by atoms with Gasteiger partial charge in [0.05, 0.1) is 0 Å². The Morgan fingerprint density at radius 2 is 1.12 bits per heavy atom. The largest absolute Gasteiger partial charge is 0.213 e. The molecule has 3 nitrogen and oxygen atoms in total. The molecule has 5 aromatic carbocycles. The van der Waals surface area contributed by atoms with Gasteiger partial charge in [-0.1, -0.05) is 135 Å². The number of rotatable bonds is 6. The minimum atomic E-state index is -0.100. The van der Waals surface area contributed by atoms with E-state index >= 15 is 0 Å². The molecule has 0 N–H and O–H groups in total. The fourth-order valence-electron chi connectivity index (χ4n) is 8.08. The molecule has 1 atom stereocenters. The van der Waals surface area contributed by atoms with Crippen LogP contribution in [0.4, 0.5) is 0 Å². The van der Waals surface area contributed by atoms with Crippen molar-refractivity contribution in [1.82, 2.24) is 15.0 Å². The Hall–Kier alpha value is -5.67. The fraction of sp³-hybridized carbons (Fsp3) is 0.188. The molecule has 0 saturated heterocycles. The molecule has 1 heterocycles. The number of allylic oxidation sites excluding steroid dienone is 6. The van der Waals surface area contributed by atoms with Crippen LogP contribution in [-0.4, -0.2) is 15.0 Å². The molecule has 3 aliphatic rings. The highest BCUT2D eigenvalue weighted by atomic mass is 15.0. The second-order valence-corrected chi connectivity index (χ2v) is 14.6. The summed E-state index contributed by atoms with van der Waals surface area (Å²) in [6.45, 7) is 4.73. The molecule has 3 aliphatic carbocycles. The van der Waals surface area contributed by atoms with Crippen LogP contribution in [0.1, 0.15) is 74.6 Å². The number of nitrogens with zero attached hydrogens (tertiary/aromatic N) is 3. The SMILES string of the molecule is CC1(C)c2cc(-c3ccccc3)ccc2-c2ccc(-c3cccc(-c4cccc(-c5nc(C6=CCCC=C6)nc(C6CC=CCC6)n5)c4)c3)cc21. The second-order valence-electron chi connectivity index (χ2n) is 14.6. The van der Waals surface area contributed by atoms with E-state index in [0.717, 1.165) is 66.3 Å². The van der Waals surface area contributed by atoms with Gasteiger partial charge in [-0.3, -0.25) is 0 Å². The average molecular weight is 660 g/mol. The van der Waals surface area contributed by atoms with Crippen LogP contribution in [0.15, 0.2) is 146 Å². The first-order valence-corrected chi connectivity index (χ1v) is 18.4. The molecule has 51 heavy (non-hydrogen) atoms. The van der Waals surface area contributed by atoms with Crippen molar-refractivity contribution < 1.29 is 0 Å². The van der Waals surface area contributed by atoms with Crippen molar-refractivity contribution in [3.8, 4) is 55.9 Å². The summed E-state index contributed by atoms with van der Waals surface area (Å²) in [5.74, 6) is 2.76. The Balaban J connectivity index is 1.05. The van der Waals surface area contributed by atoms with Crippen LogP contribution in [0.5, 0.6) is 0 Å². The average Bonchev–Trinajstić information content (AvgIpc) is 3.43. The van der Waals surface area contributed by atoms with Crippen LogP contribution in [0.25, 0.3) is 61.5 Å². The van der Waals surface area contributed by atoms with E-state index in [2.05, 4.69) is 159 Å². The zero-order valence-corrected chi connectivity index (χ0v) is 29.3. The van der Waals surface area contributed by atoms with Crippen molar-refractivity contribution in [3.63, 3.8) is 0 Å². The van der Waals surface area contributed by atoms with Gasteiger partial charge in [0.1, 0.15) is 5.82 Å². The fourth-order valence-corrected chi connectivity index (χ4v) is 8.08. The van der Waals surface area contributed by atoms with Gasteiger partial charge < -0.3 is 0 Å². The number of hydrogen-bond donors (Lipinski definition) is 0. The van der Waals surface area contributed by atoms with E-state index in [4.69, 9.17) is 15.0 Å². The van der Waals surface area contributed by atoms with Crippen LogP contribution < -0.4 is 0 Å². The van der Waals surface area contributed by atoms with Crippen molar-refractivity contribution in [3.05, 3.63) is 168 Å². The highest BCUT2D eigenvalue weighted by Crippen LogP contribution is 2.50. The number of hydrogen-bond acceptors (Lipinski definition) is 3. The molecule has 3 heteroatoms. The molecule has 1 unspecified atom stereocenters. The van der Waals surface area contributed by atoms with E-state index in [1.807, 2.05) is 0 Å². The van der Waals surface area contributed by atoms with E-state index in [1.165, 1.54) is 50.1 Å². The summed E-state index contributed by atoms with van der Waals surface area (Å²) in [6.07, 6.45) is 16.4. The van der Waals surface area contributed by atoms with Crippen LogP contribution in [-0.2, 0) is 5.41 Å². The Kier molecular flexibility index (Phi) is 7.92. The van der Waals surface area contributed by atoms with E-state index in [1.54, 1.807) is 0 Å². The van der Waals surface area contributed by atoms with Crippen LogP contribution in [0.3, 0.4) is 0 Å². The van der Waals surface area contributed by atoms with Gasteiger partial charge in [0.25, 0.3) is 0 Å². The first kappa shape index (κ1) is 31.3. The summed E-state index contributed by atoms with van der Waals surface area (Å²) in [7, 11) is 0. The summed E-state index contributed by atoms with van der Waals surface area (Å²) in [4.78, 5) is 15.2. The molecule has 6 aromatic rings. The van der Waals surface area contributed by atoms with Crippen molar-refractivity contribution in [1.29, 1.82) is 0 Å². The third kappa shape index (κ3) is 5.87. The normalized spacial score (nSPS) is 17.1. The van der Waals surface area contributed by atoms with Gasteiger partial charge in [0, 0.05) is 22.5 Å².